The number of carbonyl (C=O) groups is 1. The molecule has 0 unspecified atom stereocenters. The fourth-order valence-corrected chi connectivity index (χ4v) is 3.29. The number of piperidine rings is 1. The monoisotopic (exact) mass is 329 g/mol. The van der Waals surface area contributed by atoms with Gasteiger partial charge in [0.1, 0.15) is 5.76 Å². The number of anilines is 1. The summed E-state index contributed by atoms with van der Waals surface area (Å²) in [6.45, 7) is 6.06. The lowest BCUT2D eigenvalue weighted by molar-refractivity contribution is -0.121. The number of hydrogen-bond acceptors (Lipinski definition) is 4. The van der Waals surface area contributed by atoms with Gasteiger partial charge in [-0.1, -0.05) is 12.1 Å². The predicted octanol–water partition coefficient (Wildman–Crippen LogP) is 2.95. The van der Waals surface area contributed by atoms with Gasteiger partial charge in [0, 0.05) is 24.4 Å². The van der Waals surface area contributed by atoms with Gasteiger partial charge in [-0.3, -0.25) is 4.79 Å². The SMILES string of the molecule is Cc1cc2cccc(NC(=O)C3CCN(CCN(C)C)CC3)c2o1. The number of likely N-dealkylation sites (N-methyl/N-ethyl adjacent to an activating group) is 1. The van der Waals surface area contributed by atoms with Crippen molar-refractivity contribution < 1.29 is 9.21 Å². The summed E-state index contributed by atoms with van der Waals surface area (Å²) in [5, 5.41) is 4.10. The minimum absolute atomic E-state index is 0.0897. The summed E-state index contributed by atoms with van der Waals surface area (Å²) in [6, 6.07) is 7.87. The Morgan fingerprint density at radius 1 is 1.33 bits per heavy atom. The van der Waals surface area contributed by atoms with Crippen molar-refractivity contribution in [2.45, 2.75) is 19.8 Å². The Bertz CT molecular complexity index is 700. The van der Waals surface area contributed by atoms with E-state index in [0.717, 1.165) is 61.4 Å². The summed E-state index contributed by atoms with van der Waals surface area (Å²) in [5.74, 6) is 1.07. The first-order chi connectivity index (χ1) is 11.5. The van der Waals surface area contributed by atoms with E-state index in [1.807, 2.05) is 31.2 Å². The average Bonchev–Trinajstić information content (AvgIpc) is 2.94. The molecule has 24 heavy (non-hydrogen) atoms. The highest BCUT2D eigenvalue weighted by Gasteiger charge is 2.25. The zero-order valence-electron chi connectivity index (χ0n) is 14.8. The number of para-hydroxylation sites is 1. The minimum atomic E-state index is 0.0897. The van der Waals surface area contributed by atoms with E-state index in [1.165, 1.54) is 0 Å². The number of nitrogens with one attached hydrogen (secondary N) is 1. The maximum absolute atomic E-state index is 12.6. The molecule has 130 valence electrons. The third-order valence-corrected chi connectivity index (χ3v) is 4.75. The number of nitrogens with zero attached hydrogens (tertiary/aromatic N) is 2. The van der Waals surface area contributed by atoms with Gasteiger partial charge in [-0.05, 0) is 59.1 Å². The number of fused-ring (bicyclic) bond motifs is 1. The van der Waals surface area contributed by atoms with Gasteiger partial charge < -0.3 is 19.5 Å². The topological polar surface area (TPSA) is 48.7 Å². The molecule has 1 aromatic heterocycles. The maximum atomic E-state index is 12.6. The summed E-state index contributed by atoms with van der Waals surface area (Å²) in [7, 11) is 4.19. The van der Waals surface area contributed by atoms with E-state index in [9.17, 15) is 4.79 Å². The zero-order chi connectivity index (χ0) is 17.1. The summed E-state index contributed by atoms with van der Waals surface area (Å²) >= 11 is 0. The molecule has 3 rings (SSSR count). The molecule has 0 saturated carbocycles. The number of hydrogen-bond donors (Lipinski definition) is 1. The van der Waals surface area contributed by atoms with Crippen LogP contribution in [0.25, 0.3) is 11.0 Å². The number of furan rings is 1. The lowest BCUT2D eigenvalue weighted by atomic mass is 9.95. The van der Waals surface area contributed by atoms with E-state index in [1.54, 1.807) is 0 Å². The van der Waals surface area contributed by atoms with Crippen LogP contribution in [0.1, 0.15) is 18.6 Å². The van der Waals surface area contributed by atoms with Crippen molar-refractivity contribution in [3.63, 3.8) is 0 Å². The number of aryl methyl sites for hydroxylation is 1. The lowest BCUT2D eigenvalue weighted by Gasteiger charge is -2.31. The molecular weight excluding hydrogens is 302 g/mol. The molecule has 0 radical (unpaired) electrons. The van der Waals surface area contributed by atoms with Gasteiger partial charge in [0.05, 0.1) is 5.69 Å². The molecule has 5 nitrogen and oxygen atoms in total. The summed E-state index contributed by atoms with van der Waals surface area (Å²) in [4.78, 5) is 17.3. The van der Waals surface area contributed by atoms with E-state index in [0.29, 0.717) is 0 Å². The average molecular weight is 329 g/mol. The van der Waals surface area contributed by atoms with Crippen LogP contribution in [-0.4, -0.2) is 56.0 Å². The second kappa shape index (κ2) is 7.36. The lowest BCUT2D eigenvalue weighted by Crippen LogP contribution is -2.40. The first-order valence-electron chi connectivity index (χ1n) is 8.70. The Balaban J connectivity index is 1.58. The first kappa shape index (κ1) is 17.0. The highest BCUT2D eigenvalue weighted by Crippen LogP contribution is 2.28. The van der Waals surface area contributed by atoms with Gasteiger partial charge in [-0.2, -0.15) is 0 Å². The Kier molecular flexibility index (Phi) is 5.21. The van der Waals surface area contributed by atoms with Crippen LogP contribution in [0, 0.1) is 12.8 Å². The first-order valence-corrected chi connectivity index (χ1v) is 8.70. The van der Waals surface area contributed by atoms with Crippen molar-refractivity contribution in [1.29, 1.82) is 0 Å². The maximum Gasteiger partial charge on any atom is 0.227 e. The molecule has 1 saturated heterocycles. The molecule has 5 heteroatoms. The van der Waals surface area contributed by atoms with Crippen LogP contribution in [0.5, 0.6) is 0 Å². The van der Waals surface area contributed by atoms with Crippen LogP contribution in [0.3, 0.4) is 0 Å². The van der Waals surface area contributed by atoms with Crippen molar-refractivity contribution in [1.82, 2.24) is 9.80 Å². The van der Waals surface area contributed by atoms with Crippen molar-refractivity contribution in [3.8, 4) is 0 Å². The minimum Gasteiger partial charge on any atom is -0.459 e. The number of amides is 1. The molecule has 1 fully saturated rings. The molecule has 0 spiro atoms. The molecule has 1 aliphatic heterocycles. The smallest absolute Gasteiger partial charge is 0.227 e. The van der Waals surface area contributed by atoms with Crippen LogP contribution < -0.4 is 5.32 Å². The normalized spacial score (nSPS) is 16.8. The molecule has 1 aromatic carbocycles. The largest absolute Gasteiger partial charge is 0.459 e. The molecular formula is C19H27N3O2. The Morgan fingerprint density at radius 2 is 2.08 bits per heavy atom. The molecule has 2 heterocycles. The second-order valence-electron chi connectivity index (χ2n) is 6.99. The molecule has 1 N–H and O–H groups in total. The van der Waals surface area contributed by atoms with Gasteiger partial charge in [0.25, 0.3) is 0 Å². The Hall–Kier alpha value is -1.85. The second-order valence-corrected chi connectivity index (χ2v) is 6.99. The zero-order valence-corrected chi connectivity index (χ0v) is 14.8. The van der Waals surface area contributed by atoms with Gasteiger partial charge in [0.2, 0.25) is 5.91 Å². The van der Waals surface area contributed by atoms with E-state index in [2.05, 4.69) is 29.2 Å². The van der Waals surface area contributed by atoms with Crippen molar-refractivity contribution in [2.75, 3.05) is 45.6 Å². The number of rotatable bonds is 5. The van der Waals surface area contributed by atoms with Gasteiger partial charge >= 0.3 is 0 Å². The van der Waals surface area contributed by atoms with Gasteiger partial charge in [-0.25, -0.2) is 0 Å². The van der Waals surface area contributed by atoms with Gasteiger partial charge in [-0.15, -0.1) is 0 Å². The van der Waals surface area contributed by atoms with E-state index in [-0.39, 0.29) is 11.8 Å². The van der Waals surface area contributed by atoms with Crippen LogP contribution in [0.4, 0.5) is 5.69 Å². The molecule has 2 aromatic rings. The number of benzene rings is 1. The van der Waals surface area contributed by atoms with Crippen molar-refractivity contribution >= 4 is 22.6 Å². The van der Waals surface area contributed by atoms with Crippen LogP contribution >= 0.6 is 0 Å². The van der Waals surface area contributed by atoms with E-state index >= 15 is 0 Å². The third kappa shape index (κ3) is 3.97. The van der Waals surface area contributed by atoms with Crippen molar-refractivity contribution in [3.05, 3.63) is 30.0 Å². The van der Waals surface area contributed by atoms with Crippen molar-refractivity contribution in [2.24, 2.45) is 5.92 Å². The summed E-state index contributed by atoms with van der Waals surface area (Å²) < 4.78 is 5.73. The number of carbonyl (C=O) groups excluding carboxylic acids is 1. The molecule has 0 atom stereocenters. The fraction of sp³-hybridized carbons (Fsp3) is 0.526. The molecule has 0 bridgehead atoms. The molecule has 1 amide bonds. The van der Waals surface area contributed by atoms with E-state index in [4.69, 9.17) is 4.42 Å². The molecule has 1 aliphatic rings. The quantitative estimate of drug-likeness (QED) is 0.916. The number of likely N-dealkylation sites (tertiary alicyclic amines) is 1. The van der Waals surface area contributed by atoms with Crippen LogP contribution in [0.15, 0.2) is 28.7 Å². The predicted molar refractivity (Wildman–Crippen MR) is 97.3 cm³/mol. The Labute approximate surface area is 143 Å². The summed E-state index contributed by atoms with van der Waals surface area (Å²) in [6.07, 6.45) is 1.85. The highest BCUT2D eigenvalue weighted by atomic mass is 16.3. The van der Waals surface area contributed by atoms with Gasteiger partial charge in [0.15, 0.2) is 5.58 Å². The Morgan fingerprint density at radius 3 is 2.79 bits per heavy atom. The van der Waals surface area contributed by atoms with E-state index < -0.39 is 0 Å². The van der Waals surface area contributed by atoms with Crippen LogP contribution in [-0.2, 0) is 4.79 Å². The molecule has 0 aliphatic carbocycles. The van der Waals surface area contributed by atoms with Crippen LogP contribution in [0.2, 0.25) is 0 Å². The highest BCUT2D eigenvalue weighted by molar-refractivity contribution is 6.00. The third-order valence-electron chi connectivity index (χ3n) is 4.75. The standard InChI is InChI=1S/C19H27N3O2/c1-14-13-16-5-4-6-17(18(16)24-14)20-19(23)15-7-9-22(10-8-15)12-11-21(2)3/h4-6,13,15H,7-12H2,1-3H3,(H,20,23). The summed E-state index contributed by atoms with van der Waals surface area (Å²) in [5.41, 5.74) is 1.55. The fourth-order valence-electron chi connectivity index (χ4n) is 3.29.